The van der Waals surface area contributed by atoms with Gasteiger partial charge in [-0.2, -0.15) is 0 Å². The number of carbonyl (C=O) groups is 1. The molecular formula is C16H18N2O2. The molecule has 4 nitrogen and oxygen atoms in total. The van der Waals surface area contributed by atoms with Crippen molar-refractivity contribution in [2.24, 2.45) is 0 Å². The summed E-state index contributed by atoms with van der Waals surface area (Å²) in [6.45, 7) is 0.982. The molecule has 0 aliphatic rings. The Morgan fingerprint density at radius 3 is 2.65 bits per heavy atom. The number of benzene rings is 1. The van der Waals surface area contributed by atoms with Gasteiger partial charge in [-0.05, 0) is 17.7 Å². The molecule has 0 spiro atoms. The molecule has 4 heteroatoms. The number of hydrogen-bond acceptors (Lipinski definition) is 3. The van der Waals surface area contributed by atoms with Crippen molar-refractivity contribution < 1.29 is 9.53 Å². The standard InChI is InChI=1S/C16H18N2O2/c1-20-11-9-16(19)18-12-13-5-7-14(8-6-13)15-4-2-3-10-17-15/h2-8,10H,9,11-12H2,1H3,(H,18,19). The number of aromatic nitrogens is 1. The number of ether oxygens (including phenoxy) is 1. The monoisotopic (exact) mass is 270 g/mol. The Morgan fingerprint density at radius 2 is 2.00 bits per heavy atom. The molecule has 0 aliphatic heterocycles. The summed E-state index contributed by atoms with van der Waals surface area (Å²) in [5, 5.41) is 2.86. The fourth-order valence-corrected chi connectivity index (χ4v) is 1.81. The number of nitrogens with zero attached hydrogens (tertiary/aromatic N) is 1. The highest BCUT2D eigenvalue weighted by molar-refractivity contribution is 5.76. The Hall–Kier alpha value is -2.20. The molecule has 0 unspecified atom stereocenters. The molecule has 0 saturated carbocycles. The van der Waals surface area contributed by atoms with Gasteiger partial charge in [0, 0.05) is 31.8 Å². The highest BCUT2D eigenvalue weighted by Crippen LogP contribution is 2.16. The highest BCUT2D eigenvalue weighted by atomic mass is 16.5. The van der Waals surface area contributed by atoms with Gasteiger partial charge in [-0.1, -0.05) is 30.3 Å². The molecule has 0 fully saturated rings. The molecule has 1 amide bonds. The van der Waals surface area contributed by atoms with E-state index in [1.807, 2.05) is 42.5 Å². The van der Waals surface area contributed by atoms with Gasteiger partial charge in [0.05, 0.1) is 12.3 Å². The van der Waals surface area contributed by atoms with E-state index in [0.29, 0.717) is 19.6 Å². The van der Waals surface area contributed by atoms with E-state index in [-0.39, 0.29) is 5.91 Å². The molecule has 0 bridgehead atoms. The summed E-state index contributed by atoms with van der Waals surface area (Å²) in [7, 11) is 1.59. The summed E-state index contributed by atoms with van der Waals surface area (Å²) < 4.78 is 4.86. The molecule has 2 rings (SSSR count). The minimum Gasteiger partial charge on any atom is -0.384 e. The van der Waals surface area contributed by atoms with Gasteiger partial charge in [0.2, 0.25) is 5.91 Å². The number of carbonyl (C=O) groups excluding carboxylic acids is 1. The number of amides is 1. The van der Waals surface area contributed by atoms with Crippen LogP contribution in [0.1, 0.15) is 12.0 Å². The van der Waals surface area contributed by atoms with Crippen molar-refractivity contribution in [2.75, 3.05) is 13.7 Å². The van der Waals surface area contributed by atoms with Crippen molar-refractivity contribution in [1.82, 2.24) is 10.3 Å². The van der Waals surface area contributed by atoms with Crippen LogP contribution in [-0.4, -0.2) is 24.6 Å². The number of methoxy groups -OCH3 is 1. The Kier molecular flexibility index (Phi) is 5.26. The van der Waals surface area contributed by atoms with E-state index in [0.717, 1.165) is 16.8 Å². The summed E-state index contributed by atoms with van der Waals surface area (Å²) in [6, 6.07) is 13.9. The molecule has 1 heterocycles. The largest absolute Gasteiger partial charge is 0.384 e. The Morgan fingerprint density at radius 1 is 1.20 bits per heavy atom. The first-order valence-corrected chi connectivity index (χ1v) is 6.55. The molecule has 0 radical (unpaired) electrons. The average Bonchev–Trinajstić information content (AvgIpc) is 2.52. The first kappa shape index (κ1) is 14.2. The molecule has 0 atom stereocenters. The van der Waals surface area contributed by atoms with Crippen molar-refractivity contribution in [1.29, 1.82) is 0 Å². The molecular weight excluding hydrogens is 252 g/mol. The van der Waals surface area contributed by atoms with Crippen molar-refractivity contribution in [2.45, 2.75) is 13.0 Å². The predicted molar refractivity (Wildman–Crippen MR) is 78.0 cm³/mol. The third kappa shape index (κ3) is 4.17. The third-order valence-corrected chi connectivity index (χ3v) is 2.94. The SMILES string of the molecule is COCCC(=O)NCc1ccc(-c2ccccn2)cc1. The van der Waals surface area contributed by atoms with E-state index in [4.69, 9.17) is 4.74 Å². The van der Waals surface area contributed by atoms with Gasteiger partial charge in [-0.3, -0.25) is 9.78 Å². The maximum absolute atomic E-state index is 11.5. The molecule has 1 N–H and O–H groups in total. The van der Waals surface area contributed by atoms with Gasteiger partial charge >= 0.3 is 0 Å². The number of pyridine rings is 1. The van der Waals surface area contributed by atoms with Crippen LogP contribution in [0.5, 0.6) is 0 Å². The summed E-state index contributed by atoms with van der Waals surface area (Å²) in [5.74, 6) is 0.000604. The van der Waals surface area contributed by atoms with Crippen LogP contribution in [0.2, 0.25) is 0 Å². The molecule has 0 saturated heterocycles. The minimum absolute atomic E-state index is 0.000604. The van der Waals surface area contributed by atoms with Crippen LogP contribution < -0.4 is 5.32 Å². The number of hydrogen-bond donors (Lipinski definition) is 1. The lowest BCUT2D eigenvalue weighted by Crippen LogP contribution is -2.23. The van der Waals surface area contributed by atoms with Crippen molar-refractivity contribution >= 4 is 5.91 Å². The minimum atomic E-state index is 0.000604. The fraction of sp³-hybridized carbons (Fsp3) is 0.250. The van der Waals surface area contributed by atoms with Crippen LogP contribution in [0.3, 0.4) is 0 Å². The van der Waals surface area contributed by atoms with Gasteiger partial charge < -0.3 is 10.1 Å². The van der Waals surface area contributed by atoms with Crippen LogP contribution in [0.4, 0.5) is 0 Å². The average molecular weight is 270 g/mol. The van der Waals surface area contributed by atoms with Crippen LogP contribution in [0.15, 0.2) is 48.7 Å². The summed E-state index contributed by atoms with van der Waals surface area (Å²) in [4.78, 5) is 15.8. The van der Waals surface area contributed by atoms with Crippen LogP contribution in [0.25, 0.3) is 11.3 Å². The molecule has 2 aromatic rings. The lowest BCUT2D eigenvalue weighted by Gasteiger charge is -2.06. The van der Waals surface area contributed by atoms with E-state index >= 15 is 0 Å². The second-order valence-electron chi connectivity index (χ2n) is 4.43. The summed E-state index contributed by atoms with van der Waals surface area (Å²) in [5.41, 5.74) is 3.08. The van der Waals surface area contributed by atoms with Crippen LogP contribution in [0, 0.1) is 0 Å². The van der Waals surface area contributed by atoms with E-state index in [9.17, 15) is 4.79 Å². The zero-order valence-corrected chi connectivity index (χ0v) is 11.5. The van der Waals surface area contributed by atoms with Crippen molar-refractivity contribution in [3.63, 3.8) is 0 Å². The molecule has 1 aromatic carbocycles. The van der Waals surface area contributed by atoms with Crippen molar-refractivity contribution in [3.05, 3.63) is 54.2 Å². The van der Waals surface area contributed by atoms with Gasteiger partial charge in [0.25, 0.3) is 0 Å². The molecule has 0 aliphatic carbocycles. The second kappa shape index (κ2) is 7.40. The first-order chi connectivity index (χ1) is 9.79. The van der Waals surface area contributed by atoms with Gasteiger partial charge in [0.1, 0.15) is 0 Å². The normalized spacial score (nSPS) is 10.2. The zero-order valence-electron chi connectivity index (χ0n) is 11.5. The van der Waals surface area contributed by atoms with Crippen LogP contribution in [-0.2, 0) is 16.1 Å². The van der Waals surface area contributed by atoms with E-state index in [2.05, 4.69) is 10.3 Å². The highest BCUT2D eigenvalue weighted by Gasteiger charge is 2.02. The van der Waals surface area contributed by atoms with Gasteiger partial charge in [-0.15, -0.1) is 0 Å². The maximum Gasteiger partial charge on any atom is 0.222 e. The Bertz CT molecular complexity index is 538. The summed E-state index contributed by atoms with van der Waals surface area (Å²) in [6.07, 6.45) is 2.17. The first-order valence-electron chi connectivity index (χ1n) is 6.55. The summed E-state index contributed by atoms with van der Waals surface area (Å²) >= 11 is 0. The molecule has 20 heavy (non-hydrogen) atoms. The van der Waals surface area contributed by atoms with E-state index < -0.39 is 0 Å². The Balaban J connectivity index is 1.90. The quantitative estimate of drug-likeness (QED) is 0.877. The number of rotatable bonds is 6. The lowest BCUT2D eigenvalue weighted by molar-refractivity contribution is -0.122. The predicted octanol–water partition coefficient (Wildman–Crippen LogP) is 2.40. The molecule has 1 aromatic heterocycles. The zero-order chi connectivity index (χ0) is 14.2. The lowest BCUT2D eigenvalue weighted by atomic mass is 10.1. The topological polar surface area (TPSA) is 51.2 Å². The number of nitrogens with one attached hydrogen (secondary N) is 1. The molecule has 104 valence electrons. The van der Waals surface area contributed by atoms with E-state index in [1.54, 1.807) is 13.3 Å². The van der Waals surface area contributed by atoms with Crippen LogP contribution >= 0.6 is 0 Å². The third-order valence-electron chi connectivity index (χ3n) is 2.94. The maximum atomic E-state index is 11.5. The van der Waals surface area contributed by atoms with Crippen molar-refractivity contribution in [3.8, 4) is 11.3 Å². The smallest absolute Gasteiger partial charge is 0.222 e. The Labute approximate surface area is 118 Å². The second-order valence-corrected chi connectivity index (χ2v) is 4.43. The van der Waals surface area contributed by atoms with Gasteiger partial charge in [-0.25, -0.2) is 0 Å². The van der Waals surface area contributed by atoms with Gasteiger partial charge in [0.15, 0.2) is 0 Å². The fourth-order valence-electron chi connectivity index (χ4n) is 1.81. The van der Waals surface area contributed by atoms with E-state index in [1.165, 1.54) is 0 Å².